The Kier molecular flexibility index (Phi) is 14.6. The van der Waals surface area contributed by atoms with Crippen molar-refractivity contribution in [3.8, 4) is 5.75 Å². The largest absolute Gasteiger partial charge is 0.507 e. The monoisotopic (exact) mass is 518 g/mol. The number of aliphatic hydroxyl groups is 1. The molecule has 2 aromatic carbocycles. The number of hydrogen-bond acceptors (Lipinski definition) is 4. The fraction of sp³-hybridized carbons (Fsp3) is 0.471. The van der Waals surface area contributed by atoms with Crippen LogP contribution < -0.4 is 4.90 Å². The summed E-state index contributed by atoms with van der Waals surface area (Å²) in [7, 11) is 0. The van der Waals surface area contributed by atoms with Gasteiger partial charge in [-0.2, -0.15) is 0 Å². The second kappa shape index (κ2) is 17.6. The summed E-state index contributed by atoms with van der Waals surface area (Å²) in [6.45, 7) is 16.3. The van der Waals surface area contributed by atoms with Crippen molar-refractivity contribution in [1.82, 2.24) is 4.90 Å². The van der Waals surface area contributed by atoms with Gasteiger partial charge in [0, 0.05) is 44.0 Å². The lowest BCUT2D eigenvalue weighted by Crippen LogP contribution is -2.46. The van der Waals surface area contributed by atoms with Crippen molar-refractivity contribution in [3.63, 3.8) is 0 Å². The number of aromatic hydroxyl groups is 1. The number of allylic oxidation sites excluding steroid dienone is 5. The first-order valence-corrected chi connectivity index (χ1v) is 14.6. The van der Waals surface area contributed by atoms with Gasteiger partial charge in [-0.1, -0.05) is 89.6 Å². The minimum Gasteiger partial charge on any atom is -0.507 e. The Balaban J connectivity index is 0.00000161. The summed E-state index contributed by atoms with van der Waals surface area (Å²) < 4.78 is 0. The summed E-state index contributed by atoms with van der Waals surface area (Å²) >= 11 is 0. The quantitative estimate of drug-likeness (QED) is 0.298. The molecule has 0 aliphatic carbocycles. The number of aliphatic hydroxyl groups excluding tert-OH is 1. The van der Waals surface area contributed by atoms with Crippen molar-refractivity contribution in [3.05, 3.63) is 89.0 Å². The zero-order valence-electron chi connectivity index (χ0n) is 24.4. The van der Waals surface area contributed by atoms with Crippen LogP contribution in [0.1, 0.15) is 77.8 Å². The van der Waals surface area contributed by atoms with Crippen LogP contribution in [0.15, 0.2) is 77.9 Å². The molecular formula is C34H50N2O2. The van der Waals surface area contributed by atoms with Crippen molar-refractivity contribution >= 4 is 11.3 Å². The Morgan fingerprint density at radius 3 is 2.08 bits per heavy atom. The minimum atomic E-state index is 0.136. The zero-order valence-corrected chi connectivity index (χ0v) is 24.4. The zero-order chi connectivity index (χ0) is 27.8. The number of nitrogens with zero attached hydrogens (tertiary/aromatic N) is 2. The van der Waals surface area contributed by atoms with Crippen molar-refractivity contribution in [1.29, 1.82) is 0 Å². The molecule has 4 heteroatoms. The van der Waals surface area contributed by atoms with Crippen LogP contribution in [-0.2, 0) is 0 Å². The van der Waals surface area contributed by atoms with Gasteiger partial charge in [0.15, 0.2) is 0 Å². The predicted molar refractivity (Wildman–Crippen MR) is 165 cm³/mol. The van der Waals surface area contributed by atoms with E-state index in [-0.39, 0.29) is 12.4 Å². The Morgan fingerprint density at radius 1 is 0.868 bits per heavy atom. The number of para-hydroxylation sites is 1. The predicted octanol–water partition coefficient (Wildman–Crippen LogP) is 7.83. The molecular weight excluding hydrogens is 468 g/mol. The average molecular weight is 519 g/mol. The van der Waals surface area contributed by atoms with E-state index in [0.717, 1.165) is 74.3 Å². The molecule has 0 amide bonds. The number of phenols is 1. The molecule has 0 bridgehead atoms. The molecule has 2 aromatic rings. The smallest absolute Gasteiger partial charge is 0.123 e. The van der Waals surface area contributed by atoms with Gasteiger partial charge in [-0.05, 0) is 72.7 Å². The molecule has 1 saturated heterocycles. The second-order valence-corrected chi connectivity index (χ2v) is 9.75. The van der Waals surface area contributed by atoms with Crippen LogP contribution in [0, 0.1) is 0 Å². The topological polar surface area (TPSA) is 46.9 Å². The summed E-state index contributed by atoms with van der Waals surface area (Å²) in [5.41, 5.74) is 6.53. The van der Waals surface area contributed by atoms with Crippen LogP contribution in [0.2, 0.25) is 0 Å². The van der Waals surface area contributed by atoms with Gasteiger partial charge in [-0.25, -0.2) is 0 Å². The molecule has 2 N–H and O–H groups in total. The van der Waals surface area contributed by atoms with Crippen LogP contribution >= 0.6 is 0 Å². The van der Waals surface area contributed by atoms with Crippen molar-refractivity contribution in [2.24, 2.45) is 0 Å². The van der Waals surface area contributed by atoms with E-state index in [1.165, 1.54) is 17.7 Å². The summed E-state index contributed by atoms with van der Waals surface area (Å²) in [6.07, 6.45) is 11.2. The maximum atomic E-state index is 10.9. The molecule has 1 heterocycles. The Labute approximate surface area is 232 Å². The summed E-state index contributed by atoms with van der Waals surface area (Å²) in [5, 5.41) is 20.6. The average Bonchev–Trinajstić information content (AvgIpc) is 2.95. The fourth-order valence-electron chi connectivity index (χ4n) is 4.76. The molecule has 0 unspecified atom stereocenters. The summed E-state index contributed by atoms with van der Waals surface area (Å²) in [4.78, 5) is 4.95. The van der Waals surface area contributed by atoms with Gasteiger partial charge >= 0.3 is 0 Å². The van der Waals surface area contributed by atoms with E-state index < -0.39 is 0 Å². The van der Waals surface area contributed by atoms with E-state index in [2.05, 4.69) is 86.9 Å². The molecule has 1 aliphatic rings. The molecule has 0 radical (unpaired) electrons. The normalized spacial score (nSPS) is 15.3. The van der Waals surface area contributed by atoms with Crippen molar-refractivity contribution in [2.45, 2.75) is 66.7 Å². The first kappa shape index (κ1) is 31.4. The van der Waals surface area contributed by atoms with Gasteiger partial charge in [0.1, 0.15) is 5.75 Å². The summed E-state index contributed by atoms with van der Waals surface area (Å²) in [6, 6.07) is 16.4. The molecule has 0 spiro atoms. The highest BCUT2D eigenvalue weighted by Gasteiger charge is 2.19. The number of piperazine rings is 1. The minimum absolute atomic E-state index is 0.136. The molecule has 0 saturated carbocycles. The lowest BCUT2D eigenvalue weighted by Gasteiger charge is -2.35. The third kappa shape index (κ3) is 9.18. The first-order valence-electron chi connectivity index (χ1n) is 14.6. The third-order valence-corrected chi connectivity index (χ3v) is 6.71. The molecule has 4 nitrogen and oxygen atoms in total. The van der Waals surface area contributed by atoms with E-state index in [1.807, 2.05) is 18.2 Å². The molecule has 0 atom stereocenters. The molecule has 1 aliphatic heterocycles. The van der Waals surface area contributed by atoms with Gasteiger partial charge in [0.25, 0.3) is 0 Å². The highest BCUT2D eigenvalue weighted by Crippen LogP contribution is 2.38. The second-order valence-electron chi connectivity index (χ2n) is 9.75. The number of phenolic OH excluding ortho intramolecular Hbond substituents is 1. The van der Waals surface area contributed by atoms with Crippen molar-refractivity contribution in [2.75, 3.05) is 44.2 Å². The Morgan fingerprint density at radius 2 is 1.53 bits per heavy atom. The van der Waals surface area contributed by atoms with E-state index in [4.69, 9.17) is 0 Å². The SMILES string of the molecule is CCC.CC\C=C/C(=C\CC)C(/CCCO)=C(\c1ccc(N2CCN(CC)CC2)cc1)c1ccccc1O. The number of rotatable bonds is 11. The lowest BCUT2D eigenvalue weighted by atomic mass is 9.86. The van der Waals surface area contributed by atoms with Gasteiger partial charge in [0.05, 0.1) is 0 Å². The number of hydrogen-bond donors (Lipinski definition) is 2. The number of anilines is 1. The van der Waals surface area contributed by atoms with E-state index in [1.54, 1.807) is 6.07 Å². The van der Waals surface area contributed by atoms with E-state index >= 15 is 0 Å². The highest BCUT2D eigenvalue weighted by molar-refractivity contribution is 5.88. The maximum absolute atomic E-state index is 10.9. The Hall–Kier alpha value is -2.82. The molecule has 208 valence electrons. The number of benzene rings is 2. The number of likely N-dealkylation sites (N-methyl/N-ethyl adjacent to an activating group) is 1. The van der Waals surface area contributed by atoms with Gasteiger partial charge in [-0.15, -0.1) is 0 Å². The van der Waals surface area contributed by atoms with Crippen LogP contribution in [0.5, 0.6) is 5.75 Å². The highest BCUT2D eigenvalue weighted by atomic mass is 16.3. The van der Waals surface area contributed by atoms with Crippen molar-refractivity contribution < 1.29 is 10.2 Å². The fourth-order valence-corrected chi connectivity index (χ4v) is 4.76. The van der Waals surface area contributed by atoms with Gasteiger partial charge < -0.3 is 20.0 Å². The molecule has 0 aromatic heterocycles. The van der Waals surface area contributed by atoms with Gasteiger partial charge in [0.2, 0.25) is 0 Å². The third-order valence-electron chi connectivity index (χ3n) is 6.71. The van der Waals surface area contributed by atoms with Crippen LogP contribution in [0.25, 0.3) is 5.57 Å². The van der Waals surface area contributed by atoms with Crippen LogP contribution in [0.3, 0.4) is 0 Å². The van der Waals surface area contributed by atoms with E-state index in [9.17, 15) is 10.2 Å². The standard InChI is InChI=1S/C31H42N2O2.C3H8/c1-4-7-12-25(11-5-2)28(14-10-24-34)31(29-13-8-9-15-30(29)35)26-16-18-27(19-17-26)33-22-20-32(6-3)21-23-33;1-3-2/h7-9,11-13,15-19,34-35H,4-6,10,14,20-24H2,1-3H3;3H2,1-2H3/b12-7-,25-11+,31-28+;. The van der Waals surface area contributed by atoms with E-state index in [0.29, 0.717) is 6.42 Å². The first-order chi connectivity index (χ1) is 18.5. The lowest BCUT2D eigenvalue weighted by molar-refractivity contribution is 0.271. The van der Waals surface area contributed by atoms with Crippen LogP contribution in [-0.4, -0.2) is 54.4 Å². The maximum Gasteiger partial charge on any atom is 0.123 e. The molecule has 38 heavy (non-hydrogen) atoms. The van der Waals surface area contributed by atoms with Crippen LogP contribution in [0.4, 0.5) is 5.69 Å². The van der Waals surface area contributed by atoms with Gasteiger partial charge in [-0.3, -0.25) is 0 Å². The molecule has 3 rings (SSSR count). The molecule has 1 fully saturated rings. The Bertz CT molecular complexity index is 1030. The summed E-state index contributed by atoms with van der Waals surface area (Å²) in [5.74, 6) is 0.277.